The van der Waals surface area contributed by atoms with Gasteiger partial charge in [0.1, 0.15) is 0 Å². The molecule has 104 valence electrons. The fourth-order valence-electron chi connectivity index (χ4n) is 2.03. The third-order valence-corrected chi connectivity index (χ3v) is 3.05. The third-order valence-electron chi connectivity index (χ3n) is 3.05. The van der Waals surface area contributed by atoms with E-state index in [-0.39, 0.29) is 0 Å². The van der Waals surface area contributed by atoms with Crippen LogP contribution in [0.25, 0.3) is 0 Å². The van der Waals surface area contributed by atoms with E-state index < -0.39 is 23.3 Å². The first-order valence-corrected chi connectivity index (χ1v) is 6.16. The van der Waals surface area contributed by atoms with Gasteiger partial charge in [0.05, 0.1) is 0 Å². The predicted molar refractivity (Wildman–Crippen MR) is 72.9 cm³/mol. The minimum absolute atomic E-state index is 0.367. The molecule has 0 spiro atoms. The molecule has 2 N–H and O–H groups in total. The Labute approximate surface area is 114 Å². The quantitative estimate of drug-likeness (QED) is 0.861. The van der Waals surface area contributed by atoms with Crippen LogP contribution in [0, 0.1) is 0 Å². The van der Waals surface area contributed by atoms with Crippen molar-refractivity contribution in [1.82, 2.24) is 9.55 Å². The molecule has 1 aromatic carbocycles. The van der Waals surface area contributed by atoms with Gasteiger partial charge in [0, 0.05) is 11.8 Å². The summed E-state index contributed by atoms with van der Waals surface area (Å²) in [5, 5.41) is 9.39. The Kier molecular flexibility index (Phi) is 3.84. The van der Waals surface area contributed by atoms with Gasteiger partial charge < -0.3 is 5.11 Å². The van der Waals surface area contributed by atoms with Crippen LogP contribution >= 0.6 is 0 Å². The van der Waals surface area contributed by atoms with Gasteiger partial charge in [0.25, 0.3) is 5.56 Å². The Bertz CT molecular complexity index is 731. The van der Waals surface area contributed by atoms with Crippen LogP contribution in [0.1, 0.15) is 24.1 Å². The molecule has 0 aliphatic heterocycles. The number of aliphatic carboxylic acids is 1. The van der Waals surface area contributed by atoms with Crippen LogP contribution in [-0.4, -0.2) is 20.6 Å². The van der Waals surface area contributed by atoms with Crippen molar-refractivity contribution in [3.63, 3.8) is 0 Å². The van der Waals surface area contributed by atoms with Gasteiger partial charge in [-0.3, -0.25) is 14.3 Å². The number of nitrogens with zero attached hydrogens (tertiary/aromatic N) is 1. The fourth-order valence-corrected chi connectivity index (χ4v) is 2.03. The van der Waals surface area contributed by atoms with Gasteiger partial charge in [-0.05, 0) is 12.0 Å². The lowest BCUT2D eigenvalue weighted by Gasteiger charge is -2.16. The van der Waals surface area contributed by atoms with Crippen molar-refractivity contribution in [2.45, 2.75) is 19.4 Å². The Morgan fingerprint density at radius 3 is 2.50 bits per heavy atom. The summed E-state index contributed by atoms with van der Waals surface area (Å²) in [6, 6.07) is 7.25. The van der Waals surface area contributed by atoms with E-state index in [1.807, 2.05) is 0 Å². The number of hydrogen-bond donors (Lipinski definition) is 2. The molecule has 0 aliphatic carbocycles. The first-order valence-electron chi connectivity index (χ1n) is 6.16. The number of aromatic nitrogens is 2. The Morgan fingerprint density at radius 1 is 1.30 bits per heavy atom. The van der Waals surface area contributed by atoms with E-state index in [9.17, 15) is 19.5 Å². The molecule has 20 heavy (non-hydrogen) atoms. The highest BCUT2D eigenvalue weighted by atomic mass is 16.4. The van der Waals surface area contributed by atoms with Crippen molar-refractivity contribution < 1.29 is 9.90 Å². The maximum Gasteiger partial charge on any atom is 0.331 e. The molecule has 0 saturated carbocycles. The highest BCUT2D eigenvalue weighted by Crippen LogP contribution is 2.16. The molecule has 0 radical (unpaired) electrons. The van der Waals surface area contributed by atoms with E-state index in [2.05, 4.69) is 4.98 Å². The summed E-state index contributed by atoms with van der Waals surface area (Å²) >= 11 is 0. The molecule has 0 fully saturated rings. The van der Waals surface area contributed by atoms with Gasteiger partial charge in [-0.15, -0.1) is 0 Å². The highest BCUT2D eigenvalue weighted by Gasteiger charge is 2.23. The molecule has 0 bridgehead atoms. The van der Waals surface area contributed by atoms with Crippen LogP contribution in [0.15, 0.2) is 46.1 Å². The third kappa shape index (κ3) is 2.54. The van der Waals surface area contributed by atoms with Crippen LogP contribution in [0.2, 0.25) is 0 Å². The molecule has 0 aliphatic rings. The van der Waals surface area contributed by atoms with Crippen molar-refractivity contribution >= 4 is 5.97 Å². The van der Waals surface area contributed by atoms with Crippen LogP contribution in [-0.2, 0) is 11.2 Å². The Hall–Kier alpha value is -2.63. The van der Waals surface area contributed by atoms with E-state index in [1.54, 1.807) is 37.3 Å². The Balaban J connectivity index is 2.65. The summed E-state index contributed by atoms with van der Waals surface area (Å²) in [6.07, 6.45) is 1.73. The monoisotopic (exact) mass is 274 g/mol. The van der Waals surface area contributed by atoms with E-state index in [0.717, 1.165) is 4.57 Å². The number of aryl methyl sites for hydroxylation is 1. The number of hydrogen-bond acceptors (Lipinski definition) is 3. The summed E-state index contributed by atoms with van der Waals surface area (Å²) in [7, 11) is 0. The summed E-state index contributed by atoms with van der Waals surface area (Å²) in [5.74, 6) is -1.16. The minimum Gasteiger partial charge on any atom is -0.479 e. The first kappa shape index (κ1) is 13.8. The van der Waals surface area contributed by atoms with Crippen LogP contribution in [0.3, 0.4) is 0 Å². The number of nitrogens with one attached hydrogen (secondary N) is 1. The van der Waals surface area contributed by atoms with Gasteiger partial charge in [-0.25, -0.2) is 9.59 Å². The molecule has 0 amide bonds. The normalized spacial score (nSPS) is 12.1. The smallest absolute Gasteiger partial charge is 0.331 e. The van der Waals surface area contributed by atoms with Crippen molar-refractivity contribution in [1.29, 1.82) is 0 Å². The van der Waals surface area contributed by atoms with E-state index in [4.69, 9.17) is 0 Å². The lowest BCUT2D eigenvalue weighted by atomic mass is 10.1. The largest absolute Gasteiger partial charge is 0.479 e. The second-order valence-electron chi connectivity index (χ2n) is 4.33. The molecule has 6 heteroatoms. The summed E-state index contributed by atoms with van der Waals surface area (Å²) < 4.78 is 1.04. The maximum atomic E-state index is 11.9. The van der Waals surface area contributed by atoms with Gasteiger partial charge in [-0.1, -0.05) is 37.3 Å². The van der Waals surface area contributed by atoms with Gasteiger partial charge >= 0.3 is 11.7 Å². The van der Waals surface area contributed by atoms with Crippen LogP contribution in [0.4, 0.5) is 0 Å². The standard InChI is InChI=1S/C14H14N2O4/c1-2-9-8-16(14(20)15-12(9)17)11(13(18)19)10-6-4-3-5-7-10/h3-8,11H,2H2,1H3,(H,18,19)(H,15,17,20). The van der Waals surface area contributed by atoms with Crippen molar-refractivity contribution in [3.05, 3.63) is 68.5 Å². The van der Waals surface area contributed by atoms with E-state index >= 15 is 0 Å². The molecule has 0 saturated heterocycles. The van der Waals surface area contributed by atoms with Crippen LogP contribution < -0.4 is 11.2 Å². The van der Waals surface area contributed by atoms with E-state index in [1.165, 1.54) is 6.20 Å². The van der Waals surface area contributed by atoms with Gasteiger partial charge in [0.15, 0.2) is 6.04 Å². The van der Waals surface area contributed by atoms with Gasteiger partial charge in [-0.2, -0.15) is 0 Å². The second kappa shape index (κ2) is 5.56. The number of carboxylic acid groups (broad SMARTS) is 1. The second-order valence-corrected chi connectivity index (χ2v) is 4.33. The van der Waals surface area contributed by atoms with Crippen molar-refractivity contribution in [2.24, 2.45) is 0 Å². The number of carboxylic acids is 1. The summed E-state index contributed by atoms with van der Waals surface area (Å²) in [4.78, 5) is 37.0. The molecule has 1 atom stereocenters. The lowest BCUT2D eigenvalue weighted by Crippen LogP contribution is -2.37. The average Bonchev–Trinajstić information content (AvgIpc) is 2.42. The van der Waals surface area contributed by atoms with Crippen LogP contribution in [0.5, 0.6) is 0 Å². The molecule has 2 aromatic rings. The van der Waals surface area contributed by atoms with Gasteiger partial charge in [0.2, 0.25) is 0 Å². The zero-order valence-corrected chi connectivity index (χ0v) is 10.9. The summed E-state index contributed by atoms with van der Waals surface area (Å²) in [5.41, 5.74) is -0.377. The number of carbonyl (C=O) groups is 1. The first-order chi connectivity index (χ1) is 9.54. The van der Waals surface area contributed by atoms with Crippen molar-refractivity contribution in [2.75, 3.05) is 0 Å². The molecule has 1 unspecified atom stereocenters. The Morgan fingerprint density at radius 2 is 1.95 bits per heavy atom. The molecular formula is C14H14N2O4. The zero-order valence-electron chi connectivity index (χ0n) is 10.9. The lowest BCUT2D eigenvalue weighted by molar-refractivity contribution is -0.139. The SMILES string of the molecule is CCc1cn(C(C(=O)O)c2ccccc2)c(=O)[nH]c1=O. The fraction of sp³-hybridized carbons (Fsp3) is 0.214. The highest BCUT2D eigenvalue weighted by molar-refractivity contribution is 5.76. The van der Waals surface area contributed by atoms with Crippen molar-refractivity contribution in [3.8, 4) is 0 Å². The molecule has 2 rings (SSSR count). The maximum absolute atomic E-state index is 11.9. The molecule has 6 nitrogen and oxygen atoms in total. The average molecular weight is 274 g/mol. The number of H-pyrrole nitrogens is 1. The van der Waals surface area contributed by atoms with E-state index in [0.29, 0.717) is 17.5 Å². The topological polar surface area (TPSA) is 92.2 Å². The number of benzene rings is 1. The summed E-state index contributed by atoms with van der Waals surface area (Å²) in [6.45, 7) is 1.76. The molecule has 1 aromatic heterocycles. The molecule has 1 heterocycles. The number of aromatic amines is 1. The minimum atomic E-state index is -1.16. The number of rotatable bonds is 4. The predicted octanol–water partition coefficient (Wildman–Crippen LogP) is 0.773. The zero-order chi connectivity index (χ0) is 14.7. The molecular weight excluding hydrogens is 260 g/mol.